The summed E-state index contributed by atoms with van der Waals surface area (Å²) in [7, 11) is 1.74. The number of anilines is 1. The van der Waals surface area contributed by atoms with Crippen LogP contribution < -0.4 is 4.90 Å². The fraction of sp³-hybridized carbons (Fsp3) is 0.579. The van der Waals surface area contributed by atoms with E-state index in [0.29, 0.717) is 30.5 Å². The molecular weight excluding hydrogens is 374 g/mol. The third-order valence-corrected chi connectivity index (χ3v) is 5.71. The van der Waals surface area contributed by atoms with Gasteiger partial charge in [-0.2, -0.15) is 4.98 Å². The highest BCUT2D eigenvalue weighted by Crippen LogP contribution is 2.36. The van der Waals surface area contributed by atoms with Crippen molar-refractivity contribution in [1.82, 2.24) is 29.9 Å². The zero-order valence-corrected chi connectivity index (χ0v) is 16.9. The Kier molecular flexibility index (Phi) is 5.16. The van der Waals surface area contributed by atoms with E-state index in [-0.39, 0.29) is 42.9 Å². The van der Waals surface area contributed by atoms with Gasteiger partial charge in [0.05, 0.1) is 31.2 Å². The van der Waals surface area contributed by atoms with Crippen LogP contribution in [0.5, 0.6) is 0 Å². The molecule has 0 saturated carbocycles. The van der Waals surface area contributed by atoms with Crippen LogP contribution in [0, 0.1) is 12.8 Å². The van der Waals surface area contributed by atoms with Crippen LogP contribution in [-0.4, -0.2) is 73.9 Å². The summed E-state index contributed by atoms with van der Waals surface area (Å²) in [5.74, 6) is 1.43. The lowest BCUT2D eigenvalue weighted by atomic mass is 9.95. The van der Waals surface area contributed by atoms with Crippen molar-refractivity contribution in [2.24, 2.45) is 5.92 Å². The number of carbonyl (C=O) groups is 2. The standard InChI is InChI=1S/C19H25N7O3/c1-4-15-14(19(28)24(3)10-17-22-12(2)23-29-17)7-13-9-25(11-18(27)26(13)15)16-8-20-5-6-21-16/h5-6,8,13-15H,4,7,9-11H2,1-3H3/t13-,14-,15-/m1/s1. The molecule has 29 heavy (non-hydrogen) atoms. The highest BCUT2D eigenvalue weighted by atomic mass is 16.5. The minimum absolute atomic E-state index is 0.000885. The van der Waals surface area contributed by atoms with Crippen molar-refractivity contribution < 1.29 is 14.1 Å². The second-order valence-corrected chi connectivity index (χ2v) is 7.65. The molecular formula is C19H25N7O3. The van der Waals surface area contributed by atoms with Crippen molar-refractivity contribution in [3.8, 4) is 0 Å². The van der Waals surface area contributed by atoms with Gasteiger partial charge in [0.15, 0.2) is 5.82 Å². The number of piperazine rings is 1. The van der Waals surface area contributed by atoms with E-state index in [0.717, 1.165) is 6.42 Å². The van der Waals surface area contributed by atoms with Crippen LogP contribution in [0.2, 0.25) is 0 Å². The van der Waals surface area contributed by atoms with Crippen LogP contribution in [0.25, 0.3) is 0 Å². The average molecular weight is 399 g/mol. The van der Waals surface area contributed by atoms with Gasteiger partial charge in [-0.05, 0) is 19.8 Å². The lowest BCUT2D eigenvalue weighted by Crippen LogP contribution is -2.56. The maximum Gasteiger partial charge on any atom is 0.246 e. The summed E-state index contributed by atoms with van der Waals surface area (Å²) in [6, 6.07) is -0.118. The number of rotatable bonds is 5. The van der Waals surface area contributed by atoms with E-state index in [2.05, 4.69) is 20.1 Å². The number of fused-ring (bicyclic) bond motifs is 1. The van der Waals surface area contributed by atoms with E-state index in [1.54, 1.807) is 37.5 Å². The zero-order valence-electron chi connectivity index (χ0n) is 16.9. The molecule has 2 aliphatic rings. The molecule has 0 radical (unpaired) electrons. The quantitative estimate of drug-likeness (QED) is 0.721. The molecule has 2 aromatic heterocycles. The Hall–Kier alpha value is -3.04. The van der Waals surface area contributed by atoms with E-state index in [1.807, 2.05) is 16.7 Å². The Balaban J connectivity index is 1.49. The summed E-state index contributed by atoms with van der Waals surface area (Å²) in [5.41, 5.74) is 0. The maximum atomic E-state index is 13.2. The number of carbonyl (C=O) groups excluding carboxylic acids is 2. The maximum absolute atomic E-state index is 13.2. The molecule has 0 aliphatic carbocycles. The number of amides is 2. The summed E-state index contributed by atoms with van der Waals surface area (Å²) in [5, 5.41) is 3.77. The van der Waals surface area contributed by atoms with E-state index in [1.165, 1.54) is 0 Å². The first-order chi connectivity index (χ1) is 14.0. The van der Waals surface area contributed by atoms with E-state index in [9.17, 15) is 9.59 Å². The van der Waals surface area contributed by atoms with Crippen LogP contribution >= 0.6 is 0 Å². The number of aryl methyl sites for hydroxylation is 1. The lowest BCUT2D eigenvalue weighted by Gasteiger charge is -2.40. The van der Waals surface area contributed by atoms with Gasteiger partial charge in [-0.3, -0.25) is 14.6 Å². The Morgan fingerprint density at radius 3 is 2.86 bits per heavy atom. The molecule has 10 heteroatoms. The molecule has 0 spiro atoms. The Morgan fingerprint density at radius 1 is 1.38 bits per heavy atom. The highest BCUT2D eigenvalue weighted by Gasteiger charge is 2.49. The third-order valence-electron chi connectivity index (χ3n) is 5.71. The first-order valence-electron chi connectivity index (χ1n) is 9.84. The molecule has 4 heterocycles. The van der Waals surface area contributed by atoms with Gasteiger partial charge in [0.2, 0.25) is 17.7 Å². The van der Waals surface area contributed by atoms with Crippen LogP contribution in [-0.2, 0) is 16.1 Å². The van der Waals surface area contributed by atoms with Crippen molar-refractivity contribution in [3.63, 3.8) is 0 Å². The summed E-state index contributed by atoms with van der Waals surface area (Å²) >= 11 is 0. The van der Waals surface area contributed by atoms with Crippen LogP contribution in [0.1, 0.15) is 31.5 Å². The average Bonchev–Trinajstić information content (AvgIpc) is 3.31. The summed E-state index contributed by atoms with van der Waals surface area (Å²) < 4.78 is 5.14. The fourth-order valence-corrected chi connectivity index (χ4v) is 4.49. The molecule has 2 aromatic rings. The molecule has 2 amide bonds. The molecule has 3 atom stereocenters. The van der Waals surface area contributed by atoms with Crippen molar-refractivity contribution in [3.05, 3.63) is 30.3 Å². The van der Waals surface area contributed by atoms with Gasteiger partial charge in [-0.1, -0.05) is 12.1 Å². The van der Waals surface area contributed by atoms with Crippen LogP contribution in [0.4, 0.5) is 5.82 Å². The van der Waals surface area contributed by atoms with E-state index >= 15 is 0 Å². The number of hydrogen-bond acceptors (Lipinski definition) is 8. The number of nitrogens with zero attached hydrogens (tertiary/aromatic N) is 7. The van der Waals surface area contributed by atoms with E-state index < -0.39 is 0 Å². The minimum Gasteiger partial charge on any atom is -0.344 e. The van der Waals surface area contributed by atoms with Crippen LogP contribution in [0.15, 0.2) is 23.1 Å². The van der Waals surface area contributed by atoms with Crippen molar-refractivity contribution in [2.75, 3.05) is 25.0 Å². The summed E-state index contributed by atoms with van der Waals surface area (Å²) in [4.78, 5) is 44.2. The number of aromatic nitrogens is 4. The Bertz CT molecular complexity index is 887. The van der Waals surface area contributed by atoms with Gasteiger partial charge >= 0.3 is 0 Å². The molecule has 0 aromatic carbocycles. The normalized spacial score (nSPS) is 24.0. The molecule has 4 rings (SSSR count). The second kappa shape index (κ2) is 7.76. The summed E-state index contributed by atoms with van der Waals surface area (Å²) in [6.07, 6.45) is 6.26. The lowest BCUT2D eigenvalue weighted by molar-refractivity contribution is -0.138. The molecule has 2 saturated heterocycles. The van der Waals surface area contributed by atoms with Gasteiger partial charge in [-0.25, -0.2) is 4.98 Å². The van der Waals surface area contributed by atoms with Crippen molar-refractivity contribution >= 4 is 17.6 Å². The Labute approximate surface area is 168 Å². The monoisotopic (exact) mass is 399 g/mol. The summed E-state index contributed by atoms with van der Waals surface area (Å²) in [6.45, 7) is 4.93. The van der Waals surface area contributed by atoms with E-state index in [4.69, 9.17) is 4.52 Å². The van der Waals surface area contributed by atoms with Crippen molar-refractivity contribution in [1.29, 1.82) is 0 Å². The highest BCUT2D eigenvalue weighted by molar-refractivity contribution is 5.86. The molecule has 2 aliphatic heterocycles. The zero-order chi connectivity index (χ0) is 20.5. The molecule has 0 N–H and O–H groups in total. The van der Waals surface area contributed by atoms with Gasteiger partial charge < -0.3 is 19.2 Å². The predicted octanol–water partition coefficient (Wildman–Crippen LogP) is 0.642. The van der Waals surface area contributed by atoms with Crippen LogP contribution in [0.3, 0.4) is 0 Å². The predicted molar refractivity (Wildman–Crippen MR) is 103 cm³/mol. The van der Waals surface area contributed by atoms with Crippen molar-refractivity contribution in [2.45, 2.75) is 45.3 Å². The minimum atomic E-state index is -0.246. The molecule has 10 nitrogen and oxygen atoms in total. The molecule has 0 unspecified atom stereocenters. The van der Waals surface area contributed by atoms with Gasteiger partial charge in [0.25, 0.3) is 0 Å². The second-order valence-electron chi connectivity index (χ2n) is 7.65. The SMILES string of the molecule is CC[C@@H]1[C@H](C(=O)N(C)Cc2nc(C)no2)C[C@@H]2CN(c3cnccn3)CC(=O)N21. The first kappa shape index (κ1) is 19.3. The molecule has 154 valence electrons. The largest absolute Gasteiger partial charge is 0.344 e. The topological polar surface area (TPSA) is 109 Å². The molecule has 0 bridgehead atoms. The smallest absolute Gasteiger partial charge is 0.246 e. The Morgan fingerprint density at radius 2 is 2.21 bits per heavy atom. The fourth-order valence-electron chi connectivity index (χ4n) is 4.49. The number of hydrogen-bond donors (Lipinski definition) is 0. The van der Waals surface area contributed by atoms with Gasteiger partial charge in [0.1, 0.15) is 5.82 Å². The van der Waals surface area contributed by atoms with Gasteiger partial charge in [-0.15, -0.1) is 0 Å². The molecule has 2 fully saturated rings. The first-order valence-corrected chi connectivity index (χ1v) is 9.84. The third kappa shape index (κ3) is 3.66. The van der Waals surface area contributed by atoms with Gasteiger partial charge in [0, 0.05) is 32.0 Å².